The molecule has 1 amide bonds. The highest BCUT2D eigenvalue weighted by Crippen LogP contribution is 2.25. The summed E-state index contributed by atoms with van der Waals surface area (Å²) in [5.41, 5.74) is 4.06. The summed E-state index contributed by atoms with van der Waals surface area (Å²) in [4.78, 5) is 12.3. The van der Waals surface area contributed by atoms with Crippen LogP contribution in [0.5, 0.6) is 0 Å². The molecule has 0 unspecified atom stereocenters. The van der Waals surface area contributed by atoms with E-state index in [4.69, 9.17) is 0 Å². The number of amides is 1. The Labute approximate surface area is 171 Å². The fraction of sp³-hybridized carbons (Fsp3) is 0.250. The van der Waals surface area contributed by atoms with Gasteiger partial charge < -0.3 is 9.88 Å². The second-order valence-corrected chi connectivity index (χ2v) is 8.07. The van der Waals surface area contributed by atoms with Crippen LogP contribution in [0.4, 0.5) is 5.69 Å². The van der Waals surface area contributed by atoms with Crippen molar-refractivity contribution in [2.24, 2.45) is 0 Å². The van der Waals surface area contributed by atoms with E-state index in [1.807, 2.05) is 41.8 Å². The quantitative estimate of drug-likeness (QED) is 0.538. The summed E-state index contributed by atoms with van der Waals surface area (Å²) < 4.78 is 3.03. The minimum atomic E-state index is -0.0621. The standard InChI is InChI=1S/C20H21BrN4OS/c1-4-25-19(15-7-5-13(2)6-8-15)23-24-20(25)27-12-18(26)22-17-10-9-16(21)11-14(17)3/h5-11H,4,12H2,1-3H3,(H,22,26). The number of benzene rings is 2. The zero-order valence-electron chi connectivity index (χ0n) is 15.5. The Morgan fingerprint density at radius 2 is 1.89 bits per heavy atom. The lowest BCUT2D eigenvalue weighted by molar-refractivity contribution is -0.113. The Balaban J connectivity index is 1.69. The molecule has 0 aliphatic carbocycles. The number of carbonyl (C=O) groups excluding carboxylic acids is 1. The van der Waals surface area contributed by atoms with Crippen molar-refractivity contribution >= 4 is 39.3 Å². The number of carbonyl (C=O) groups is 1. The zero-order valence-corrected chi connectivity index (χ0v) is 17.9. The summed E-state index contributed by atoms with van der Waals surface area (Å²) in [7, 11) is 0. The highest BCUT2D eigenvalue weighted by atomic mass is 79.9. The smallest absolute Gasteiger partial charge is 0.234 e. The molecule has 0 radical (unpaired) electrons. The third-order valence-corrected chi connectivity index (χ3v) is 5.60. The van der Waals surface area contributed by atoms with Gasteiger partial charge in [-0.3, -0.25) is 4.79 Å². The van der Waals surface area contributed by atoms with Gasteiger partial charge in [0, 0.05) is 22.3 Å². The molecule has 1 N–H and O–H groups in total. The van der Waals surface area contributed by atoms with Crippen molar-refractivity contribution in [2.75, 3.05) is 11.1 Å². The van der Waals surface area contributed by atoms with Crippen LogP contribution in [-0.2, 0) is 11.3 Å². The van der Waals surface area contributed by atoms with Crippen LogP contribution in [0.3, 0.4) is 0 Å². The van der Waals surface area contributed by atoms with Crippen molar-refractivity contribution < 1.29 is 4.79 Å². The van der Waals surface area contributed by atoms with Gasteiger partial charge in [0.2, 0.25) is 5.91 Å². The molecular formula is C20H21BrN4OS. The molecule has 5 nitrogen and oxygen atoms in total. The van der Waals surface area contributed by atoms with Crippen LogP contribution in [0.1, 0.15) is 18.1 Å². The van der Waals surface area contributed by atoms with Crippen molar-refractivity contribution in [3.05, 3.63) is 58.1 Å². The third kappa shape index (κ3) is 4.78. The Kier molecular flexibility index (Phi) is 6.34. The highest BCUT2D eigenvalue weighted by Gasteiger charge is 2.15. The normalized spacial score (nSPS) is 10.8. The number of nitrogens with one attached hydrogen (secondary N) is 1. The zero-order chi connectivity index (χ0) is 19.4. The fourth-order valence-electron chi connectivity index (χ4n) is 2.68. The van der Waals surface area contributed by atoms with Crippen molar-refractivity contribution in [1.82, 2.24) is 14.8 Å². The summed E-state index contributed by atoms with van der Waals surface area (Å²) in [5, 5.41) is 12.3. The number of thioether (sulfide) groups is 1. The largest absolute Gasteiger partial charge is 0.325 e. The maximum absolute atomic E-state index is 12.3. The van der Waals surface area contributed by atoms with Crippen molar-refractivity contribution in [2.45, 2.75) is 32.5 Å². The molecule has 0 aliphatic rings. The van der Waals surface area contributed by atoms with Gasteiger partial charge >= 0.3 is 0 Å². The number of anilines is 1. The van der Waals surface area contributed by atoms with Crippen molar-refractivity contribution in [3.63, 3.8) is 0 Å². The number of rotatable bonds is 6. The number of nitrogens with zero attached hydrogens (tertiary/aromatic N) is 3. The Bertz CT molecular complexity index is 953. The van der Waals surface area contributed by atoms with Crippen LogP contribution in [0.15, 0.2) is 52.1 Å². The SMILES string of the molecule is CCn1c(SCC(=O)Nc2ccc(Br)cc2C)nnc1-c1ccc(C)cc1. The van der Waals surface area contributed by atoms with Crippen LogP contribution in [0.2, 0.25) is 0 Å². The van der Waals surface area contributed by atoms with Crippen LogP contribution < -0.4 is 5.32 Å². The Morgan fingerprint density at radius 3 is 2.56 bits per heavy atom. The van der Waals surface area contributed by atoms with E-state index in [0.29, 0.717) is 0 Å². The van der Waals surface area contributed by atoms with Crippen molar-refractivity contribution in [3.8, 4) is 11.4 Å². The topological polar surface area (TPSA) is 59.8 Å². The summed E-state index contributed by atoms with van der Waals surface area (Å²) >= 11 is 4.83. The molecule has 0 aliphatic heterocycles. The predicted octanol–water partition coefficient (Wildman–Crippen LogP) is 5.08. The first-order valence-electron chi connectivity index (χ1n) is 8.67. The van der Waals surface area contributed by atoms with Crippen LogP contribution in [0, 0.1) is 13.8 Å². The van der Waals surface area contributed by atoms with Gasteiger partial charge in [-0.25, -0.2) is 0 Å². The van der Waals surface area contributed by atoms with E-state index in [9.17, 15) is 4.79 Å². The van der Waals surface area contributed by atoms with Gasteiger partial charge in [0.1, 0.15) is 0 Å². The Morgan fingerprint density at radius 1 is 1.15 bits per heavy atom. The number of hydrogen-bond acceptors (Lipinski definition) is 4. The average molecular weight is 445 g/mol. The highest BCUT2D eigenvalue weighted by molar-refractivity contribution is 9.10. The van der Waals surface area contributed by atoms with Gasteiger partial charge in [0.25, 0.3) is 0 Å². The van der Waals surface area contributed by atoms with E-state index >= 15 is 0 Å². The van der Waals surface area contributed by atoms with E-state index in [1.165, 1.54) is 17.3 Å². The first-order valence-corrected chi connectivity index (χ1v) is 10.4. The molecule has 0 spiro atoms. The molecular weight excluding hydrogens is 424 g/mol. The van der Waals surface area contributed by atoms with E-state index < -0.39 is 0 Å². The maximum Gasteiger partial charge on any atom is 0.234 e. The molecule has 0 bridgehead atoms. The summed E-state index contributed by atoms with van der Waals surface area (Å²) in [6, 6.07) is 14.0. The van der Waals surface area contributed by atoms with Crippen LogP contribution in [-0.4, -0.2) is 26.4 Å². The monoisotopic (exact) mass is 444 g/mol. The molecule has 3 aromatic rings. The molecule has 2 aromatic carbocycles. The fourth-order valence-corrected chi connectivity index (χ4v) is 3.96. The molecule has 1 aromatic heterocycles. The van der Waals surface area contributed by atoms with E-state index in [1.54, 1.807) is 0 Å². The number of aromatic nitrogens is 3. The van der Waals surface area contributed by atoms with E-state index in [2.05, 4.69) is 57.4 Å². The van der Waals surface area contributed by atoms with Gasteiger partial charge in [0.15, 0.2) is 11.0 Å². The molecule has 0 saturated carbocycles. The average Bonchev–Trinajstić information content (AvgIpc) is 3.06. The van der Waals surface area contributed by atoms with Gasteiger partial charge in [0.05, 0.1) is 5.75 Å². The molecule has 7 heteroatoms. The summed E-state index contributed by atoms with van der Waals surface area (Å²) in [6.07, 6.45) is 0. The molecule has 0 saturated heterocycles. The molecule has 0 atom stereocenters. The molecule has 3 rings (SSSR count). The minimum absolute atomic E-state index is 0.0621. The predicted molar refractivity (Wildman–Crippen MR) is 114 cm³/mol. The number of hydrogen-bond donors (Lipinski definition) is 1. The Hall–Kier alpha value is -2.12. The van der Waals surface area contributed by atoms with E-state index in [0.717, 1.165) is 38.8 Å². The van der Waals surface area contributed by atoms with Gasteiger partial charge in [-0.2, -0.15) is 0 Å². The molecule has 0 fully saturated rings. The first-order chi connectivity index (χ1) is 13.0. The number of halogens is 1. The lowest BCUT2D eigenvalue weighted by Gasteiger charge is -2.09. The minimum Gasteiger partial charge on any atom is -0.325 e. The number of aryl methyl sites for hydroxylation is 2. The van der Waals surface area contributed by atoms with Gasteiger partial charge in [-0.15, -0.1) is 10.2 Å². The maximum atomic E-state index is 12.3. The summed E-state index contributed by atoms with van der Waals surface area (Å²) in [6.45, 7) is 6.82. The van der Waals surface area contributed by atoms with Crippen molar-refractivity contribution in [1.29, 1.82) is 0 Å². The second kappa shape index (κ2) is 8.71. The molecule has 1 heterocycles. The van der Waals surface area contributed by atoms with Gasteiger partial charge in [-0.1, -0.05) is 57.5 Å². The summed E-state index contributed by atoms with van der Waals surface area (Å²) in [5.74, 6) is 1.04. The molecule has 140 valence electrons. The third-order valence-electron chi connectivity index (χ3n) is 4.14. The lowest BCUT2D eigenvalue weighted by atomic mass is 10.1. The van der Waals surface area contributed by atoms with E-state index in [-0.39, 0.29) is 11.7 Å². The second-order valence-electron chi connectivity index (χ2n) is 6.21. The first kappa shape index (κ1) is 19.6. The van der Waals surface area contributed by atoms with Gasteiger partial charge in [-0.05, 0) is 44.5 Å². The van der Waals surface area contributed by atoms with Crippen LogP contribution in [0.25, 0.3) is 11.4 Å². The molecule has 27 heavy (non-hydrogen) atoms. The lowest BCUT2D eigenvalue weighted by Crippen LogP contribution is -2.15. The van der Waals surface area contributed by atoms with Crippen LogP contribution >= 0.6 is 27.7 Å².